The molecule has 2 aromatic carbocycles. The van der Waals surface area contributed by atoms with E-state index in [9.17, 15) is 0 Å². The number of nitrogens with one attached hydrogen (secondary N) is 1. The lowest BCUT2D eigenvalue weighted by Crippen LogP contribution is -2.19. The first-order valence-corrected chi connectivity index (χ1v) is 10.9. The third kappa shape index (κ3) is 4.28. The summed E-state index contributed by atoms with van der Waals surface area (Å²) in [6.45, 7) is 0. The lowest BCUT2D eigenvalue weighted by atomic mass is 9.77. The number of anilines is 1. The molecule has 0 spiro atoms. The molecule has 1 aromatic heterocycles. The molecule has 4 rings (SSSR count). The average Bonchev–Trinajstić information content (AvgIpc) is 3.10. The maximum atomic E-state index is 6.04. The van der Waals surface area contributed by atoms with E-state index in [0.717, 1.165) is 22.1 Å². The van der Waals surface area contributed by atoms with Crippen LogP contribution in [-0.4, -0.2) is 4.99 Å². The zero-order chi connectivity index (χ0) is 17.9. The first-order chi connectivity index (χ1) is 12.7. The molecule has 0 aliphatic heterocycles. The maximum Gasteiger partial charge on any atom is 0.0800 e. The minimum Gasteiger partial charge on any atom is -0.350 e. The van der Waals surface area contributed by atoms with Gasteiger partial charge in [-0.25, -0.2) is 0 Å². The number of thiophene rings is 1. The Morgan fingerprint density at radius 1 is 1.08 bits per heavy atom. The quantitative estimate of drug-likeness (QED) is 0.452. The first-order valence-electron chi connectivity index (χ1n) is 9.20. The highest BCUT2D eigenvalue weighted by molar-refractivity contribution is 7.80. The van der Waals surface area contributed by atoms with E-state index >= 15 is 0 Å². The summed E-state index contributed by atoms with van der Waals surface area (Å²) in [5.74, 6) is 1.39. The second-order valence-electron chi connectivity index (χ2n) is 7.20. The molecule has 134 valence electrons. The van der Waals surface area contributed by atoms with Gasteiger partial charge >= 0.3 is 0 Å². The molecule has 0 atom stereocenters. The SMILES string of the molecule is S=C(CC1CCC(c2ccc3sccc3c2)CC1)Nc1cccc(Cl)c1. The van der Waals surface area contributed by atoms with Crippen LogP contribution in [0.25, 0.3) is 10.1 Å². The van der Waals surface area contributed by atoms with Crippen molar-refractivity contribution in [1.82, 2.24) is 0 Å². The van der Waals surface area contributed by atoms with Crippen LogP contribution in [-0.2, 0) is 0 Å². The molecule has 0 radical (unpaired) electrons. The first kappa shape index (κ1) is 18.0. The van der Waals surface area contributed by atoms with E-state index in [4.69, 9.17) is 23.8 Å². The van der Waals surface area contributed by atoms with Crippen LogP contribution in [0, 0.1) is 5.92 Å². The van der Waals surface area contributed by atoms with Crippen molar-refractivity contribution in [1.29, 1.82) is 0 Å². The van der Waals surface area contributed by atoms with Gasteiger partial charge in [0.2, 0.25) is 0 Å². The topological polar surface area (TPSA) is 12.0 Å². The van der Waals surface area contributed by atoms with E-state index < -0.39 is 0 Å². The fourth-order valence-corrected chi connectivity index (χ4v) is 5.29. The van der Waals surface area contributed by atoms with Gasteiger partial charge in [0.25, 0.3) is 0 Å². The summed E-state index contributed by atoms with van der Waals surface area (Å²) in [5, 5.41) is 7.65. The second kappa shape index (κ2) is 8.08. The predicted molar refractivity (Wildman–Crippen MR) is 119 cm³/mol. The Morgan fingerprint density at radius 3 is 2.73 bits per heavy atom. The number of hydrogen-bond acceptors (Lipinski definition) is 2. The van der Waals surface area contributed by atoms with E-state index in [-0.39, 0.29) is 0 Å². The smallest absolute Gasteiger partial charge is 0.0800 e. The monoisotopic (exact) mass is 399 g/mol. The van der Waals surface area contributed by atoms with Crippen molar-refractivity contribution in [2.75, 3.05) is 5.32 Å². The zero-order valence-corrected chi connectivity index (χ0v) is 17.0. The second-order valence-corrected chi connectivity index (χ2v) is 9.08. The third-order valence-electron chi connectivity index (χ3n) is 5.38. The molecule has 1 fully saturated rings. The van der Waals surface area contributed by atoms with Crippen molar-refractivity contribution in [3.05, 3.63) is 64.5 Å². The molecule has 0 saturated heterocycles. The number of thiocarbonyl (C=S) groups is 1. The average molecular weight is 400 g/mol. The Bertz CT molecular complexity index is 909. The largest absolute Gasteiger partial charge is 0.350 e. The fraction of sp³-hybridized carbons (Fsp3) is 0.318. The summed E-state index contributed by atoms with van der Waals surface area (Å²) in [7, 11) is 0. The van der Waals surface area contributed by atoms with Crippen LogP contribution in [0.2, 0.25) is 5.02 Å². The van der Waals surface area contributed by atoms with Crippen LogP contribution in [0.1, 0.15) is 43.6 Å². The van der Waals surface area contributed by atoms with Crippen LogP contribution < -0.4 is 5.32 Å². The van der Waals surface area contributed by atoms with Crippen LogP contribution >= 0.6 is 35.2 Å². The predicted octanol–water partition coefficient (Wildman–Crippen LogP) is 7.66. The molecule has 3 aromatic rings. The molecule has 1 aliphatic carbocycles. The highest BCUT2D eigenvalue weighted by Gasteiger charge is 2.23. The number of halogens is 1. The van der Waals surface area contributed by atoms with Gasteiger partial charge in [-0.05, 0) is 84.2 Å². The minimum absolute atomic E-state index is 0.690. The molecule has 0 amide bonds. The molecule has 0 unspecified atom stereocenters. The van der Waals surface area contributed by atoms with E-state index in [1.807, 2.05) is 35.6 Å². The molecule has 1 saturated carbocycles. The number of fused-ring (bicyclic) bond motifs is 1. The van der Waals surface area contributed by atoms with Gasteiger partial charge in [0.15, 0.2) is 0 Å². The molecule has 1 N–H and O–H groups in total. The maximum absolute atomic E-state index is 6.04. The van der Waals surface area contributed by atoms with Crippen molar-refractivity contribution in [3.63, 3.8) is 0 Å². The molecular weight excluding hydrogens is 378 g/mol. The van der Waals surface area contributed by atoms with Crippen LogP contribution in [0.4, 0.5) is 5.69 Å². The van der Waals surface area contributed by atoms with Crippen LogP contribution in [0.3, 0.4) is 0 Å². The lowest BCUT2D eigenvalue weighted by molar-refractivity contribution is 0.335. The zero-order valence-electron chi connectivity index (χ0n) is 14.6. The molecule has 1 aliphatic rings. The molecule has 26 heavy (non-hydrogen) atoms. The molecule has 0 bridgehead atoms. The van der Waals surface area contributed by atoms with Crippen molar-refractivity contribution in [2.24, 2.45) is 5.92 Å². The molecular formula is C22H22ClNS2. The summed E-state index contributed by atoms with van der Waals surface area (Å²) in [6, 6.07) is 17.0. The lowest BCUT2D eigenvalue weighted by Gasteiger charge is -2.29. The summed E-state index contributed by atoms with van der Waals surface area (Å²) in [6.07, 6.45) is 6.01. The molecule has 4 heteroatoms. The summed E-state index contributed by atoms with van der Waals surface area (Å²) in [4.78, 5) is 0.926. The van der Waals surface area contributed by atoms with Gasteiger partial charge in [0, 0.05) is 21.8 Å². The Balaban J connectivity index is 1.31. The molecule has 1 heterocycles. The highest BCUT2D eigenvalue weighted by atomic mass is 35.5. The Hall–Kier alpha value is -1.42. The van der Waals surface area contributed by atoms with Gasteiger partial charge in [-0.15, -0.1) is 11.3 Å². The van der Waals surface area contributed by atoms with Crippen molar-refractivity contribution < 1.29 is 0 Å². The summed E-state index contributed by atoms with van der Waals surface area (Å²) in [5.41, 5.74) is 2.49. The van der Waals surface area contributed by atoms with E-state index in [2.05, 4.69) is 35.0 Å². The normalized spacial score (nSPS) is 20.2. The van der Waals surface area contributed by atoms with Gasteiger partial charge in [0.1, 0.15) is 0 Å². The molecule has 1 nitrogen and oxygen atoms in total. The van der Waals surface area contributed by atoms with Gasteiger partial charge in [-0.3, -0.25) is 0 Å². The standard InChI is InChI=1S/C22H22ClNS2/c23-19-2-1-3-20(14-19)24-22(25)12-15-4-6-16(7-5-15)17-8-9-21-18(13-17)10-11-26-21/h1-3,8-11,13-16H,4-7,12H2,(H,24,25). The van der Waals surface area contributed by atoms with E-state index in [0.29, 0.717) is 11.8 Å². The van der Waals surface area contributed by atoms with Gasteiger partial charge < -0.3 is 5.32 Å². The van der Waals surface area contributed by atoms with Crippen LogP contribution in [0.15, 0.2) is 53.9 Å². The summed E-state index contributed by atoms with van der Waals surface area (Å²) >= 11 is 13.4. The Morgan fingerprint density at radius 2 is 1.92 bits per heavy atom. The van der Waals surface area contributed by atoms with E-state index in [1.54, 1.807) is 0 Å². The minimum atomic E-state index is 0.690. The Labute approximate surface area is 169 Å². The van der Waals surface area contributed by atoms with Crippen molar-refractivity contribution in [2.45, 2.75) is 38.0 Å². The van der Waals surface area contributed by atoms with Gasteiger partial charge in [-0.1, -0.05) is 42.0 Å². The highest BCUT2D eigenvalue weighted by Crippen LogP contribution is 2.38. The summed E-state index contributed by atoms with van der Waals surface area (Å²) < 4.78 is 1.39. The van der Waals surface area contributed by atoms with Crippen molar-refractivity contribution in [3.8, 4) is 0 Å². The van der Waals surface area contributed by atoms with Gasteiger partial charge in [-0.2, -0.15) is 0 Å². The van der Waals surface area contributed by atoms with Crippen molar-refractivity contribution >= 4 is 55.9 Å². The van der Waals surface area contributed by atoms with Gasteiger partial charge in [0.05, 0.1) is 4.99 Å². The Kier molecular flexibility index (Phi) is 5.58. The van der Waals surface area contributed by atoms with E-state index in [1.165, 1.54) is 41.3 Å². The number of hydrogen-bond donors (Lipinski definition) is 1. The fourth-order valence-electron chi connectivity index (χ4n) is 3.98. The van der Waals surface area contributed by atoms with Crippen LogP contribution in [0.5, 0.6) is 0 Å². The number of rotatable bonds is 4. The third-order valence-corrected chi connectivity index (χ3v) is 6.78. The number of benzene rings is 2.